The minimum Gasteiger partial charge on any atom is -0.497 e. The molecule has 2 amide bonds. The molecule has 0 unspecified atom stereocenters. The van der Waals surface area contributed by atoms with Crippen molar-refractivity contribution in [2.45, 2.75) is 57.6 Å². The first-order valence-corrected chi connectivity index (χ1v) is 15.4. The molecule has 0 bridgehead atoms. The van der Waals surface area contributed by atoms with E-state index < -0.39 is 28.5 Å². The largest absolute Gasteiger partial charge is 0.497 e. The summed E-state index contributed by atoms with van der Waals surface area (Å²) in [5.74, 6) is -0.0456. The summed E-state index contributed by atoms with van der Waals surface area (Å²) in [5.41, 5.74) is 1.72. The van der Waals surface area contributed by atoms with Crippen molar-refractivity contribution >= 4 is 39.1 Å². The van der Waals surface area contributed by atoms with E-state index >= 15 is 0 Å². The van der Waals surface area contributed by atoms with Gasteiger partial charge in [0.25, 0.3) is 10.0 Å². The minimum absolute atomic E-state index is 0.00535. The molecule has 0 aliphatic heterocycles. The van der Waals surface area contributed by atoms with Gasteiger partial charge in [0.2, 0.25) is 11.8 Å². The van der Waals surface area contributed by atoms with Crippen molar-refractivity contribution in [1.29, 1.82) is 0 Å². The average molecular weight is 616 g/mol. The molecule has 0 spiro atoms. The number of carbonyl (C=O) groups excluding carboxylic acids is 2. The van der Waals surface area contributed by atoms with Crippen LogP contribution in [0.4, 0.5) is 5.69 Å². The predicted octanol–water partition coefficient (Wildman–Crippen LogP) is 5.19. The molecule has 0 fully saturated rings. The molecule has 9 nitrogen and oxygen atoms in total. The van der Waals surface area contributed by atoms with E-state index in [1.807, 2.05) is 20.8 Å². The number of nitrogens with zero attached hydrogens (tertiary/aromatic N) is 2. The van der Waals surface area contributed by atoms with Gasteiger partial charge in [-0.1, -0.05) is 48.4 Å². The Morgan fingerprint density at radius 2 is 1.60 bits per heavy atom. The fraction of sp³-hybridized carbons (Fsp3) is 0.355. The summed E-state index contributed by atoms with van der Waals surface area (Å²) in [4.78, 5) is 28.9. The van der Waals surface area contributed by atoms with Crippen LogP contribution < -0.4 is 19.1 Å². The summed E-state index contributed by atoms with van der Waals surface area (Å²) in [6.45, 7) is 6.79. The first kappa shape index (κ1) is 32.8. The Morgan fingerprint density at radius 3 is 2.14 bits per heavy atom. The highest BCUT2D eigenvalue weighted by atomic mass is 35.5. The first-order valence-electron chi connectivity index (χ1n) is 13.6. The lowest BCUT2D eigenvalue weighted by atomic mass is 10.1. The van der Waals surface area contributed by atoms with E-state index in [1.54, 1.807) is 62.6 Å². The third-order valence-corrected chi connectivity index (χ3v) is 8.64. The van der Waals surface area contributed by atoms with Crippen LogP contribution in [0.3, 0.4) is 0 Å². The Kier molecular flexibility index (Phi) is 11.2. The Morgan fingerprint density at radius 1 is 0.952 bits per heavy atom. The van der Waals surface area contributed by atoms with Crippen LogP contribution in [0.2, 0.25) is 5.02 Å². The number of hydrogen-bond acceptors (Lipinski definition) is 6. The molecule has 0 aromatic heterocycles. The van der Waals surface area contributed by atoms with Crippen molar-refractivity contribution in [2.75, 3.05) is 25.1 Å². The van der Waals surface area contributed by atoms with Crippen molar-refractivity contribution in [2.24, 2.45) is 0 Å². The number of sulfonamides is 1. The molecule has 3 aromatic carbocycles. The fourth-order valence-corrected chi connectivity index (χ4v) is 6.02. The standard InChI is InChI=1S/C31H38ClN3O6S/c1-7-27(31(37)33-21(2)3)34(19-23-10-13-25(40-5)14-11-23)30(36)20-35(28-18-24(32)12-17-29(28)41-6)42(38,39)26-15-8-22(4)9-16-26/h8-18,21,27H,7,19-20H2,1-6H3,(H,33,37)/t27-/m0/s1. The van der Waals surface area contributed by atoms with Crippen LogP contribution in [0.1, 0.15) is 38.3 Å². The summed E-state index contributed by atoms with van der Waals surface area (Å²) in [6, 6.07) is 17.0. The second-order valence-electron chi connectivity index (χ2n) is 10.1. The van der Waals surface area contributed by atoms with Crippen LogP contribution in [-0.2, 0) is 26.2 Å². The van der Waals surface area contributed by atoms with E-state index in [-0.39, 0.29) is 39.8 Å². The third kappa shape index (κ3) is 7.95. The van der Waals surface area contributed by atoms with Gasteiger partial charge in [0.1, 0.15) is 24.1 Å². The molecule has 0 heterocycles. The summed E-state index contributed by atoms with van der Waals surface area (Å²) in [5, 5.41) is 3.15. The number of methoxy groups -OCH3 is 2. The zero-order chi connectivity index (χ0) is 31.0. The summed E-state index contributed by atoms with van der Waals surface area (Å²) < 4.78 is 39.9. The number of anilines is 1. The smallest absolute Gasteiger partial charge is 0.264 e. The predicted molar refractivity (Wildman–Crippen MR) is 165 cm³/mol. The third-order valence-electron chi connectivity index (χ3n) is 6.63. The summed E-state index contributed by atoms with van der Waals surface area (Å²) >= 11 is 6.29. The number of ether oxygens (including phenoxy) is 2. The number of hydrogen-bond donors (Lipinski definition) is 1. The maximum Gasteiger partial charge on any atom is 0.264 e. The van der Waals surface area contributed by atoms with Gasteiger partial charge in [0, 0.05) is 17.6 Å². The van der Waals surface area contributed by atoms with Gasteiger partial charge in [0.15, 0.2) is 0 Å². The number of rotatable bonds is 13. The monoisotopic (exact) mass is 615 g/mol. The summed E-state index contributed by atoms with van der Waals surface area (Å²) in [7, 11) is -1.31. The second-order valence-corrected chi connectivity index (χ2v) is 12.4. The Labute approximate surface area is 253 Å². The lowest BCUT2D eigenvalue weighted by Gasteiger charge is -2.34. The molecule has 42 heavy (non-hydrogen) atoms. The SMILES string of the molecule is CC[C@@H](C(=O)NC(C)C)N(Cc1ccc(OC)cc1)C(=O)CN(c1cc(Cl)ccc1OC)S(=O)(=O)c1ccc(C)cc1. The number of benzene rings is 3. The molecule has 0 aliphatic carbocycles. The van der Waals surface area contributed by atoms with Crippen molar-refractivity contribution in [3.05, 3.63) is 82.9 Å². The number of halogens is 1. The maximum atomic E-state index is 14.2. The van der Waals surface area contributed by atoms with Gasteiger partial charge in [-0.2, -0.15) is 0 Å². The van der Waals surface area contributed by atoms with E-state index in [0.717, 1.165) is 15.4 Å². The molecule has 1 N–H and O–H groups in total. The molecule has 0 radical (unpaired) electrons. The zero-order valence-corrected chi connectivity index (χ0v) is 26.3. The topological polar surface area (TPSA) is 105 Å². The lowest BCUT2D eigenvalue weighted by Crippen LogP contribution is -2.53. The van der Waals surface area contributed by atoms with Crippen molar-refractivity contribution in [3.63, 3.8) is 0 Å². The van der Waals surface area contributed by atoms with E-state index in [4.69, 9.17) is 21.1 Å². The van der Waals surface area contributed by atoms with E-state index in [1.165, 1.54) is 30.2 Å². The molecule has 3 rings (SSSR count). The van der Waals surface area contributed by atoms with Crippen molar-refractivity contribution in [3.8, 4) is 11.5 Å². The Balaban J connectivity index is 2.12. The van der Waals surface area contributed by atoms with E-state index in [0.29, 0.717) is 12.2 Å². The van der Waals surface area contributed by atoms with Crippen LogP contribution in [0.25, 0.3) is 0 Å². The number of aryl methyl sites for hydroxylation is 1. The molecule has 1 atom stereocenters. The minimum atomic E-state index is -4.27. The molecule has 3 aromatic rings. The molecular formula is C31H38ClN3O6S. The zero-order valence-electron chi connectivity index (χ0n) is 24.8. The van der Waals surface area contributed by atoms with Gasteiger partial charge in [0.05, 0.1) is 24.8 Å². The van der Waals surface area contributed by atoms with Crippen LogP contribution >= 0.6 is 11.6 Å². The van der Waals surface area contributed by atoms with Gasteiger partial charge in [-0.05, 0) is 75.2 Å². The van der Waals surface area contributed by atoms with E-state index in [2.05, 4.69) is 5.32 Å². The second kappa shape index (κ2) is 14.4. The van der Waals surface area contributed by atoms with Gasteiger partial charge in [-0.15, -0.1) is 0 Å². The highest BCUT2D eigenvalue weighted by Gasteiger charge is 2.35. The van der Waals surface area contributed by atoms with Crippen LogP contribution in [0.5, 0.6) is 11.5 Å². The van der Waals surface area contributed by atoms with Crippen molar-refractivity contribution in [1.82, 2.24) is 10.2 Å². The van der Waals surface area contributed by atoms with Crippen molar-refractivity contribution < 1.29 is 27.5 Å². The normalized spacial score (nSPS) is 12.0. The average Bonchev–Trinajstić information content (AvgIpc) is 2.95. The molecule has 226 valence electrons. The van der Waals surface area contributed by atoms with Gasteiger partial charge in [-0.25, -0.2) is 8.42 Å². The lowest BCUT2D eigenvalue weighted by molar-refractivity contribution is -0.140. The molecule has 11 heteroatoms. The fourth-order valence-electron chi connectivity index (χ4n) is 4.44. The molecule has 0 saturated carbocycles. The first-order chi connectivity index (χ1) is 19.9. The maximum absolute atomic E-state index is 14.2. The quantitative estimate of drug-likeness (QED) is 0.284. The van der Waals surface area contributed by atoms with Gasteiger partial charge < -0.3 is 19.7 Å². The summed E-state index contributed by atoms with van der Waals surface area (Å²) in [6.07, 6.45) is 0.311. The van der Waals surface area contributed by atoms with Gasteiger partial charge >= 0.3 is 0 Å². The Hall–Kier alpha value is -3.76. The van der Waals surface area contributed by atoms with Gasteiger partial charge in [-0.3, -0.25) is 13.9 Å². The molecule has 0 aliphatic rings. The number of carbonyl (C=O) groups is 2. The van der Waals surface area contributed by atoms with Crippen LogP contribution in [-0.4, -0.2) is 58.0 Å². The highest BCUT2D eigenvalue weighted by molar-refractivity contribution is 7.92. The molecule has 0 saturated heterocycles. The van der Waals surface area contributed by atoms with E-state index in [9.17, 15) is 18.0 Å². The number of nitrogens with one attached hydrogen (secondary N) is 1. The van der Waals surface area contributed by atoms with Crippen LogP contribution in [0.15, 0.2) is 71.6 Å². The molecular weight excluding hydrogens is 578 g/mol. The van der Waals surface area contributed by atoms with Crippen LogP contribution in [0, 0.1) is 6.92 Å². The Bertz CT molecular complexity index is 1480. The number of amides is 2. The highest BCUT2D eigenvalue weighted by Crippen LogP contribution is 2.35.